The van der Waals surface area contributed by atoms with Crippen LogP contribution in [0.2, 0.25) is 0 Å². The Balaban J connectivity index is 0. The van der Waals surface area contributed by atoms with E-state index in [4.69, 9.17) is 0 Å². The van der Waals surface area contributed by atoms with Crippen molar-refractivity contribution in [3.63, 3.8) is 0 Å². The van der Waals surface area contributed by atoms with Crippen LogP contribution < -0.4 is 51.4 Å². The predicted octanol–water partition coefficient (Wildman–Crippen LogP) is 3.53. The summed E-state index contributed by atoms with van der Waals surface area (Å²) in [7, 11) is -4.60. The summed E-state index contributed by atoms with van der Waals surface area (Å²) in [5, 5.41) is 0. The van der Waals surface area contributed by atoms with E-state index in [1.807, 2.05) is 6.08 Å². The maximum absolute atomic E-state index is 10.7. The van der Waals surface area contributed by atoms with Gasteiger partial charge in [0.25, 0.3) is 0 Å². The minimum atomic E-state index is -4.60. The second-order valence-electron chi connectivity index (χ2n) is 7.35. The fraction of sp³-hybridized carbons (Fsp3) is 0.905. The second kappa shape index (κ2) is 21.9. The third kappa shape index (κ3) is 25.2. The van der Waals surface area contributed by atoms with E-state index in [0.717, 1.165) is 25.7 Å². The summed E-state index contributed by atoms with van der Waals surface area (Å²) < 4.78 is 36.6. The molecule has 0 fully saturated rings. The average Bonchev–Trinajstić information content (AvgIpc) is 2.59. The van der Waals surface area contributed by atoms with Crippen LogP contribution in [0.4, 0.5) is 0 Å². The maximum Gasteiger partial charge on any atom is 1.00 e. The van der Waals surface area contributed by atoms with Gasteiger partial charge in [0.05, 0.1) is 6.61 Å². The van der Waals surface area contributed by atoms with Gasteiger partial charge in [-0.15, -0.1) is 0 Å². The van der Waals surface area contributed by atoms with Crippen molar-refractivity contribution in [2.24, 2.45) is 5.92 Å². The summed E-state index contributed by atoms with van der Waals surface area (Å²) in [5.74, 6) is 0.0226. The van der Waals surface area contributed by atoms with Gasteiger partial charge in [0.15, 0.2) is 0 Å². The Morgan fingerprint density at radius 3 is 1.81 bits per heavy atom. The molecule has 0 aliphatic rings. The number of hydrogen-bond acceptors (Lipinski definition) is 4. The van der Waals surface area contributed by atoms with Crippen molar-refractivity contribution in [2.75, 3.05) is 6.61 Å². The van der Waals surface area contributed by atoms with Crippen LogP contribution in [-0.4, -0.2) is 19.6 Å². The molecule has 0 aliphatic carbocycles. The van der Waals surface area contributed by atoms with Crippen LogP contribution in [0.3, 0.4) is 0 Å². The zero-order chi connectivity index (χ0) is 19.5. The molecule has 0 spiro atoms. The van der Waals surface area contributed by atoms with Gasteiger partial charge in [0.2, 0.25) is 10.4 Å². The zero-order valence-corrected chi connectivity index (χ0v) is 22.0. The maximum atomic E-state index is 10.7. The van der Waals surface area contributed by atoms with Crippen LogP contribution in [0.15, 0.2) is 12.2 Å². The van der Waals surface area contributed by atoms with E-state index < -0.39 is 10.4 Å². The summed E-state index contributed by atoms with van der Waals surface area (Å²) >= 11 is 0. The molecule has 4 nitrogen and oxygen atoms in total. The van der Waals surface area contributed by atoms with E-state index in [0.29, 0.717) is 0 Å². The molecular weight excluding hydrogens is 387 g/mol. The van der Waals surface area contributed by atoms with E-state index in [-0.39, 0.29) is 63.9 Å². The molecule has 0 radical (unpaired) electrons. The molecule has 27 heavy (non-hydrogen) atoms. The topological polar surface area (TPSA) is 66.4 Å². The molecule has 1 atom stereocenters. The normalized spacial score (nSPS) is 13.0. The van der Waals surface area contributed by atoms with Gasteiger partial charge in [-0.25, -0.2) is 8.42 Å². The Morgan fingerprint density at radius 2 is 1.30 bits per heavy atom. The SMILES string of the molecule is CCCCCCCCC/C=C/C(CCCCCCCC)COS(=O)(=O)[O-].[K+]. The first kappa shape index (κ1) is 30.4. The molecule has 0 aliphatic heterocycles. The molecule has 0 aromatic carbocycles. The Labute approximate surface area is 211 Å². The summed E-state index contributed by atoms with van der Waals surface area (Å²) in [6, 6.07) is 0. The Morgan fingerprint density at radius 1 is 0.815 bits per heavy atom. The van der Waals surface area contributed by atoms with Gasteiger partial charge >= 0.3 is 51.4 Å². The smallest absolute Gasteiger partial charge is 0.726 e. The Hall–Kier alpha value is 1.25. The van der Waals surface area contributed by atoms with E-state index >= 15 is 0 Å². The first-order valence-electron chi connectivity index (χ1n) is 10.8. The predicted molar refractivity (Wildman–Crippen MR) is 109 cm³/mol. The fourth-order valence-corrected chi connectivity index (χ4v) is 3.44. The zero-order valence-electron chi connectivity index (χ0n) is 18.1. The standard InChI is InChI=1S/C21H42O4S.K/c1-3-5-7-9-11-12-13-15-17-19-21(20-25-26(22,23)24)18-16-14-10-8-6-4-2;/h17,19,21H,3-16,18,20H2,1-2H3,(H,22,23,24);/q;+1/p-1/b19-17+;. The molecule has 0 saturated carbocycles. The molecule has 0 N–H and O–H groups in total. The molecule has 0 heterocycles. The van der Waals surface area contributed by atoms with Gasteiger partial charge in [-0.3, -0.25) is 4.18 Å². The average molecular weight is 429 g/mol. The van der Waals surface area contributed by atoms with Gasteiger partial charge in [-0.1, -0.05) is 103 Å². The molecule has 0 aromatic heterocycles. The summed E-state index contributed by atoms with van der Waals surface area (Å²) in [6.45, 7) is 4.41. The molecule has 0 aromatic rings. The van der Waals surface area contributed by atoms with Crippen LogP contribution in [0.5, 0.6) is 0 Å². The number of hydrogen-bond donors (Lipinski definition) is 0. The fourth-order valence-electron chi connectivity index (χ4n) is 3.10. The van der Waals surface area contributed by atoms with Crippen molar-refractivity contribution in [2.45, 2.75) is 110 Å². The minimum Gasteiger partial charge on any atom is -0.726 e. The summed E-state index contributed by atoms with van der Waals surface area (Å²) in [4.78, 5) is 0. The number of rotatable bonds is 19. The molecule has 156 valence electrons. The quantitative estimate of drug-likeness (QED) is 0.104. The van der Waals surface area contributed by atoms with E-state index in [1.165, 1.54) is 70.6 Å². The Bertz CT molecular complexity index is 424. The van der Waals surface area contributed by atoms with Crippen LogP contribution >= 0.6 is 0 Å². The molecule has 1 unspecified atom stereocenters. The summed E-state index contributed by atoms with van der Waals surface area (Å²) in [5.41, 5.74) is 0. The second-order valence-corrected chi connectivity index (χ2v) is 8.40. The third-order valence-electron chi connectivity index (χ3n) is 4.74. The first-order chi connectivity index (χ1) is 12.5. The first-order valence-corrected chi connectivity index (χ1v) is 12.1. The number of unbranched alkanes of at least 4 members (excludes halogenated alkanes) is 12. The Kier molecular flexibility index (Phi) is 24.7. The van der Waals surface area contributed by atoms with Crippen molar-refractivity contribution < 1.29 is 68.5 Å². The monoisotopic (exact) mass is 428 g/mol. The van der Waals surface area contributed by atoms with Crippen molar-refractivity contribution in [1.82, 2.24) is 0 Å². The van der Waals surface area contributed by atoms with Crippen LogP contribution in [0.25, 0.3) is 0 Å². The molecule has 0 amide bonds. The molecule has 0 saturated heterocycles. The van der Waals surface area contributed by atoms with Crippen molar-refractivity contribution >= 4 is 10.4 Å². The minimum absolute atomic E-state index is 0. The number of allylic oxidation sites excluding steroid dienone is 1. The van der Waals surface area contributed by atoms with Gasteiger partial charge < -0.3 is 4.55 Å². The molecular formula is C21H41KO4S. The van der Waals surface area contributed by atoms with Gasteiger partial charge in [-0.05, 0) is 19.3 Å². The van der Waals surface area contributed by atoms with Gasteiger partial charge in [0, 0.05) is 5.92 Å². The van der Waals surface area contributed by atoms with Crippen LogP contribution in [0, 0.1) is 5.92 Å². The van der Waals surface area contributed by atoms with E-state index in [9.17, 15) is 13.0 Å². The largest absolute Gasteiger partial charge is 1.00 e. The van der Waals surface area contributed by atoms with E-state index in [2.05, 4.69) is 24.1 Å². The van der Waals surface area contributed by atoms with Gasteiger partial charge in [-0.2, -0.15) is 0 Å². The summed E-state index contributed by atoms with van der Waals surface area (Å²) in [6.07, 6.45) is 22.3. The molecule has 6 heteroatoms. The van der Waals surface area contributed by atoms with Crippen LogP contribution in [-0.2, 0) is 14.6 Å². The van der Waals surface area contributed by atoms with Gasteiger partial charge in [0.1, 0.15) is 0 Å². The molecule has 0 rings (SSSR count). The van der Waals surface area contributed by atoms with Crippen molar-refractivity contribution in [3.8, 4) is 0 Å². The van der Waals surface area contributed by atoms with Crippen molar-refractivity contribution in [3.05, 3.63) is 12.2 Å². The van der Waals surface area contributed by atoms with Crippen molar-refractivity contribution in [1.29, 1.82) is 0 Å². The third-order valence-corrected chi connectivity index (χ3v) is 5.16. The van der Waals surface area contributed by atoms with E-state index in [1.54, 1.807) is 0 Å². The van der Waals surface area contributed by atoms with Crippen LogP contribution in [0.1, 0.15) is 110 Å². The molecule has 0 bridgehead atoms.